The van der Waals surface area contributed by atoms with Crippen molar-refractivity contribution in [3.05, 3.63) is 35.4 Å². The van der Waals surface area contributed by atoms with Crippen molar-refractivity contribution in [3.63, 3.8) is 0 Å². The summed E-state index contributed by atoms with van der Waals surface area (Å²) >= 11 is 0. The van der Waals surface area contributed by atoms with Gasteiger partial charge in [-0.2, -0.15) is 0 Å². The van der Waals surface area contributed by atoms with Crippen LogP contribution in [0, 0.1) is 5.92 Å². The second-order valence-electron chi connectivity index (χ2n) is 6.84. The minimum Gasteiger partial charge on any atom is -0.467 e. The Bertz CT molecular complexity index is 717. The Labute approximate surface area is 152 Å². The van der Waals surface area contributed by atoms with Crippen LogP contribution in [-0.2, 0) is 27.1 Å². The molecule has 0 aromatic heterocycles. The second kappa shape index (κ2) is 8.20. The van der Waals surface area contributed by atoms with Gasteiger partial charge in [-0.1, -0.05) is 38.1 Å². The molecule has 0 fully saturated rings. The molecule has 9 heteroatoms. The van der Waals surface area contributed by atoms with Crippen LogP contribution >= 0.6 is 7.60 Å². The minimum absolute atomic E-state index is 0.0131. The van der Waals surface area contributed by atoms with E-state index in [-0.39, 0.29) is 19.0 Å². The van der Waals surface area contributed by atoms with E-state index in [1.807, 2.05) is 38.1 Å². The van der Waals surface area contributed by atoms with Gasteiger partial charge in [-0.25, -0.2) is 9.59 Å². The van der Waals surface area contributed by atoms with Crippen LogP contribution in [-0.4, -0.2) is 57.6 Å². The van der Waals surface area contributed by atoms with Crippen molar-refractivity contribution in [2.24, 2.45) is 5.92 Å². The number of amides is 2. The molecule has 1 unspecified atom stereocenters. The Balaban J connectivity index is 2.35. The molecule has 144 valence electrons. The average Bonchev–Trinajstić information content (AvgIpc) is 2.57. The van der Waals surface area contributed by atoms with E-state index in [0.717, 1.165) is 16.0 Å². The lowest BCUT2D eigenvalue weighted by molar-refractivity contribution is -0.146. The predicted octanol–water partition coefficient (Wildman–Crippen LogP) is 1.80. The lowest BCUT2D eigenvalue weighted by Gasteiger charge is -2.38. The summed E-state index contributed by atoms with van der Waals surface area (Å²) in [6.45, 7) is 4.06. The number of carbonyl (C=O) groups excluding carboxylic acids is 2. The predicted molar refractivity (Wildman–Crippen MR) is 95.3 cm³/mol. The SMILES string of the molecule is COC(=O)C1Cc2ccccc2CN1C(=O)N(CC(C)C)CP(=O)(O)O. The number of ether oxygens (including phenoxy) is 1. The molecule has 1 aromatic carbocycles. The number of benzene rings is 1. The first-order chi connectivity index (χ1) is 12.1. The van der Waals surface area contributed by atoms with Gasteiger partial charge in [0.25, 0.3) is 0 Å². The highest BCUT2D eigenvalue weighted by Crippen LogP contribution is 2.36. The number of methoxy groups -OCH3 is 1. The number of carbonyl (C=O) groups is 2. The van der Waals surface area contributed by atoms with Crippen molar-refractivity contribution in [1.29, 1.82) is 0 Å². The lowest BCUT2D eigenvalue weighted by atomic mass is 9.94. The summed E-state index contributed by atoms with van der Waals surface area (Å²) in [5.74, 6) is -0.535. The van der Waals surface area contributed by atoms with E-state index in [1.54, 1.807) is 0 Å². The lowest BCUT2D eigenvalue weighted by Crippen LogP contribution is -2.54. The zero-order valence-electron chi connectivity index (χ0n) is 15.2. The van der Waals surface area contributed by atoms with E-state index in [2.05, 4.69) is 0 Å². The Kier molecular flexibility index (Phi) is 6.44. The van der Waals surface area contributed by atoms with Crippen LogP contribution in [0.5, 0.6) is 0 Å². The molecule has 1 aliphatic heterocycles. The van der Waals surface area contributed by atoms with Gasteiger partial charge in [-0.3, -0.25) is 4.57 Å². The van der Waals surface area contributed by atoms with Crippen LogP contribution < -0.4 is 0 Å². The highest BCUT2D eigenvalue weighted by molar-refractivity contribution is 7.51. The number of rotatable bonds is 5. The standard InChI is InChI=1S/C17H25N2O6P/c1-12(2)9-18(11-26(22,23)24)17(21)19-10-14-7-5-4-6-13(14)8-15(19)16(20)25-3/h4-7,12,15H,8-11H2,1-3H3,(H2,22,23,24). The van der Waals surface area contributed by atoms with E-state index in [1.165, 1.54) is 12.0 Å². The molecule has 8 nitrogen and oxygen atoms in total. The summed E-state index contributed by atoms with van der Waals surface area (Å²) in [6.07, 6.45) is -0.379. The van der Waals surface area contributed by atoms with Crippen LogP contribution in [0.3, 0.4) is 0 Å². The van der Waals surface area contributed by atoms with Gasteiger partial charge in [0.05, 0.1) is 7.11 Å². The Morgan fingerprint density at radius 2 is 1.92 bits per heavy atom. The Morgan fingerprint density at radius 3 is 2.46 bits per heavy atom. The number of nitrogens with zero attached hydrogens (tertiary/aromatic N) is 2. The molecule has 1 aliphatic rings. The van der Waals surface area contributed by atoms with E-state index >= 15 is 0 Å². The molecule has 0 spiro atoms. The van der Waals surface area contributed by atoms with Crippen LogP contribution in [0.25, 0.3) is 0 Å². The third kappa shape index (κ3) is 5.06. The minimum atomic E-state index is -4.44. The van der Waals surface area contributed by atoms with Gasteiger partial charge >= 0.3 is 19.6 Å². The summed E-state index contributed by atoms with van der Waals surface area (Å²) in [5.41, 5.74) is 1.86. The topological polar surface area (TPSA) is 107 Å². The molecule has 2 amide bonds. The highest BCUT2D eigenvalue weighted by atomic mass is 31.2. The van der Waals surface area contributed by atoms with Crippen LogP contribution in [0.15, 0.2) is 24.3 Å². The van der Waals surface area contributed by atoms with Crippen molar-refractivity contribution < 1.29 is 28.7 Å². The highest BCUT2D eigenvalue weighted by Gasteiger charge is 2.38. The van der Waals surface area contributed by atoms with E-state index in [9.17, 15) is 23.9 Å². The molecular formula is C17H25N2O6P. The fourth-order valence-corrected chi connectivity index (χ4v) is 3.79. The average molecular weight is 384 g/mol. The van der Waals surface area contributed by atoms with Gasteiger partial charge in [0, 0.05) is 19.5 Å². The van der Waals surface area contributed by atoms with Crippen molar-refractivity contribution in [1.82, 2.24) is 9.80 Å². The fraction of sp³-hybridized carbons (Fsp3) is 0.529. The maximum atomic E-state index is 13.1. The van der Waals surface area contributed by atoms with Crippen LogP contribution in [0.2, 0.25) is 0 Å². The van der Waals surface area contributed by atoms with Crippen molar-refractivity contribution in [3.8, 4) is 0 Å². The molecule has 0 saturated heterocycles. The number of esters is 1. The normalized spacial score (nSPS) is 17.0. The number of fused-ring (bicyclic) bond motifs is 1. The summed E-state index contributed by atoms with van der Waals surface area (Å²) in [5, 5.41) is 0. The molecule has 0 radical (unpaired) electrons. The molecule has 1 heterocycles. The molecule has 1 atom stereocenters. The Morgan fingerprint density at radius 1 is 1.31 bits per heavy atom. The molecule has 26 heavy (non-hydrogen) atoms. The van der Waals surface area contributed by atoms with E-state index in [4.69, 9.17) is 4.74 Å². The maximum Gasteiger partial charge on any atom is 0.344 e. The van der Waals surface area contributed by atoms with Crippen molar-refractivity contribution in [2.75, 3.05) is 19.9 Å². The molecule has 0 bridgehead atoms. The Hall–Kier alpha value is -1.89. The summed E-state index contributed by atoms with van der Waals surface area (Å²) in [4.78, 5) is 46.4. The first-order valence-corrected chi connectivity index (χ1v) is 10.2. The van der Waals surface area contributed by atoms with Gasteiger partial charge in [-0.05, 0) is 17.0 Å². The van der Waals surface area contributed by atoms with Crippen molar-refractivity contribution in [2.45, 2.75) is 32.9 Å². The zero-order valence-corrected chi connectivity index (χ0v) is 16.1. The summed E-state index contributed by atoms with van der Waals surface area (Å²) in [7, 11) is -3.18. The van der Waals surface area contributed by atoms with Crippen LogP contribution in [0.4, 0.5) is 4.79 Å². The molecule has 2 rings (SSSR count). The van der Waals surface area contributed by atoms with Gasteiger partial charge in [-0.15, -0.1) is 0 Å². The molecule has 0 aliphatic carbocycles. The largest absolute Gasteiger partial charge is 0.467 e. The first kappa shape index (κ1) is 20.4. The molecule has 0 saturated carbocycles. The second-order valence-corrected chi connectivity index (χ2v) is 8.46. The molecular weight excluding hydrogens is 359 g/mol. The number of hydrogen-bond donors (Lipinski definition) is 2. The maximum absolute atomic E-state index is 13.1. The van der Waals surface area contributed by atoms with Gasteiger partial charge in [0.2, 0.25) is 0 Å². The molecule has 2 N–H and O–H groups in total. The third-order valence-corrected chi connectivity index (χ3v) is 4.89. The number of urea groups is 1. The first-order valence-electron chi connectivity index (χ1n) is 8.37. The smallest absolute Gasteiger partial charge is 0.344 e. The fourth-order valence-electron chi connectivity index (χ4n) is 3.11. The quantitative estimate of drug-likeness (QED) is 0.592. The zero-order chi connectivity index (χ0) is 19.5. The van der Waals surface area contributed by atoms with Gasteiger partial charge < -0.3 is 24.3 Å². The summed E-state index contributed by atoms with van der Waals surface area (Å²) in [6, 6.07) is 6.08. The third-order valence-electron chi connectivity index (χ3n) is 4.18. The number of hydrogen-bond acceptors (Lipinski definition) is 4. The van der Waals surface area contributed by atoms with Crippen molar-refractivity contribution >= 4 is 19.6 Å². The van der Waals surface area contributed by atoms with E-state index in [0.29, 0.717) is 6.42 Å². The summed E-state index contributed by atoms with van der Waals surface area (Å²) < 4.78 is 16.3. The van der Waals surface area contributed by atoms with E-state index < -0.39 is 31.9 Å². The monoisotopic (exact) mass is 384 g/mol. The van der Waals surface area contributed by atoms with Gasteiger partial charge in [0.15, 0.2) is 0 Å². The van der Waals surface area contributed by atoms with Gasteiger partial charge in [0.1, 0.15) is 12.3 Å². The van der Waals surface area contributed by atoms with Crippen LogP contribution in [0.1, 0.15) is 25.0 Å². The molecule has 1 aromatic rings.